The summed E-state index contributed by atoms with van der Waals surface area (Å²) >= 11 is 6.07. The lowest BCUT2D eigenvalue weighted by Crippen LogP contribution is -2.45. The predicted molar refractivity (Wildman–Crippen MR) is 77.5 cm³/mol. The minimum atomic E-state index is -0.343. The molecular weight excluding hydrogens is 265 g/mol. The van der Waals surface area contributed by atoms with Gasteiger partial charge < -0.3 is 10.1 Å². The topological polar surface area (TPSA) is 21.3 Å². The number of halogens is 2. The van der Waals surface area contributed by atoms with E-state index in [9.17, 15) is 4.39 Å². The van der Waals surface area contributed by atoms with Crippen LogP contribution in [0.5, 0.6) is 5.75 Å². The van der Waals surface area contributed by atoms with Crippen LogP contribution >= 0.6 is 11.6 Å². The van der Waals surface area contributed by atoms with E-state index in [4.69, 9.17) is 16.3 Å². The second-order valence-corrected chi connectivity index (χ2v) is 6.37. The van der Waals surface area contributed by atoms with Gasteiger partial charge in [-0.15, -0.1) is 0 Å². The summed E-state index contributed by atoms with van der Waals surface area (Å²) in [5.74, 6) is 1.17. The van der Waals surface area contributed by atoms with Crippen molar-refractivity contribution in [3.8, 4) is 5.75 Å². The normalized spacial score (nSPS) is 22.1. The fourth-order valence-electron chi connectivity index (χ4n) is 2.54. The minimum absolute atomic E-state index is 0.0652. The van der Waals surface area contributed by atoms with Crippen LogP contribution in [0.15, 0.2) is 12.1 Å². The smallest absolute Gasteiger partial charge is 0.161 e. The van der Waals surface area contributed by atoms with Crippen LogP contribution in [-0.2, 0) is 0 Å². The molecule has 0 bridgehead atoms. The molecule has 2 rings (SSSR count). The third kappa shape index (κ3) is 3.14. The van der Waals surface area contributed by atoms with Crippen LogP contribution < -0.4 is 10.1 Å². The number of benzene rings is 1. The van der Waals surface area contributed by atoms with E-state index in [-0.39, 0.29) is 18.0 Å². The van der Waals surface area contributed by atoms with Crippen LogP contribution in [0.3, 0.4) is 0 Å². The Hall–Kier alpha value is -0.960. The minimum Gasteiger partial charge on any atom is -0.485 e. The Kier molecular flexibility index (Phi) is 4.24. The molecule has 1 heterocycles. The molecule has 0 saturated carbocycles. The zero-order valence-electron chi connectivity index (χ0n) is 11.8. The van der Waals surface area contributed by atoms with Gasteiger partial charge in [0.2, 0.25) is 0 Å². The highest BCUT2D eigenvalue weighted by Crippen LogP contribution is 2.40. The summed E-state index contributed by atoms with van der Waals surface area (Å²) in [6.07, 6.45) is 1.01. The van der Waals surface area contributed by atoms with Crippen molar-refractivity contribution in [3.63, 3.8) is 0 Å². The predicted octanol–water partition coefficient (Wildman–Crippen LogP) is 4.72. The van der Waals surface area contributed by atoms with Gasteiger partial charge in [0.05, 0.1) is 16.8 Å². The van der Waals surface area contributed by atoms with Crippen molar-refractivity contribution in [2.75, 3.05) is 5.32 Å². The van der Waals surface area contributed by atoms with Crippen molar-refractivity contribution in [2.45, 2.75) is 46.3 Å². The van der Waals surface area contributed by atoms with Crippen molar-refractivity contribution in [3.05, 3.63) is 23.0 Å². The molecule has 2 atom stereocenters. The molecule has 0 aliphatic carbocycles. The summed E-state index contributed by atoms with van der Waals surface area (Å²) in [4.78, 5) is 0. The van der Waals surface area contributed by atoms with E-state index in [2.05, 4.69) is 33.0 Å². The van der Waals surface area contributed by atoms with Crippen molar-refractivity contribution >= 4 is 17.3 Å². The molecule has 0 fully saturated rings. The lowest BCUT2D eigenvalue weighted by atomic mass is 9.91. The maximum Gasteiger partial charge on any atom is 0.161 e. The quantitative estimate of drug-likeness (QED) is 0.867. The Bertz CT molecular complexity index is 462. The highest BCUT2D eigenvalue weighted by Gasteiger charge is 2.33. The average molecular weight is 286 g/mol. The molecule has 1 aromatic rings. The van der Waals surface area contributed by atoms with E-state index in [0.717, 1.165) is 6.42 Å². The second-order valence-electron chi connectivity index (χ2n) is 5.96. The maximum atomic E-state index is 13.4. The van der Waals surface area contributed by atoms with Crippen LogP contribution in [0.4, 0.5) is 10.1 Å². The molecule has 0 amide bonds. The Labute approximate surface area is 119 Å². The van der Waals surface area contributed by atoms with Gasteiger partial charge in [0, 0.05) is 6.07 Å². The number of nitrogens with one attached hydrogen (secondary N) is 1. The third-order valence-electron chi connectivity index (χ3n) is 3.42. The molecule has 106 valence electrons. The lowest BCUT2D eigenvalue weighted by Gasteiger charge is -2.38. The summed E-state index contributed by atoms with van der Waals surface area (Å²) in [7, 11) is 0. The van der Waals surface area contributed by atoms with Gasteiger partial charge in [-0.05, 0) is 24.3 Å². The van der Waals surface area contributed by atoms with Crippen molar-refractivity contribution in [1.82, 2.24) is 0 Å². The highest BCUT2D eigenvalue weighted by atomic mass is 35.5. The average Bonchev–Trinajstić information content (AvgIpc) is 2.28. The lowest BCUT2D eigenvalue weighted by molar-refractivity contribution is 0.125. The van der Waals surface area contributed by atoms with Crippen LogP contribution in [0.2, 0.25) is 5.02 Å². The van der Waals surface area contributed by atoms with Gasteiger partial charge >= 0.3 is 0 Å². The number of anilines is 1. The van der Waals surface area contributed by atoms with Gasteiger partial charge in [-0.2, -0.15) is 0 Å². The zero-order valence-corrected chi connectivity index (χ0v) is 12.6. The molecule has 0 radical (unpaired) electrons. The molecule has 1 aromatic carbocycles. The number of ether oxygens (including phenoxy) is 1. The molecule has 2 unspecified atom stereocenters. The van der Waals surface area contributed by atoms with Crippen molar-refractivity contribution in [2.24, 2.45) is 11.8 Å². The van der Waals surface area contributed by atoms with E-state index in [1.54, 1.807) is 0 Å². The molecule has 0 aromatic heterocycles. The Morgan fingerprint density at radius 3 is 2.58 bits per heavy atom. The van der Waals surface area contributed by atoms with Gasteiger partial charge in [-0.1, -0.05) is 39.3 Å². The monoisotopic (exact) mass is 285 g/mol. The Morgan fingerprint density at radius 2 is 2.00 bits per heavy atom. The third-order valence-corrected chi connectivity index (χ3v) is 3.70. The van der Waals surface area contributed by atoms with Gasteiger partial charge in [0.15, 0.2) is 5.75 Å². The van der Waals surface area contributed by atoms with E-state index in [0.29, 0.717) is 28.3 Å². The van der Waals surface area contributed by atoms with Gasteiger partial charge in [0.25, 0.3) is 0 Å². The largest absolute Gasteiger partial charge is 0.485 e. The first kappa shape index (κ1) is 14.4. The Morgan fingerprint density at radius 1 is 1.32 bits per heavy atom. The standard InChI is InChI=1S/C15H21ClFNO/c1-8(2)5-13-14(9(3)4)18-12-7-10(17)6-11(16)15(12)19-13/h6-9,13-14,18H,5H2,1-4H3. The first-order valence-electron chi connectivity index (χ1n) is 6.80. The second kappa shape index (κ2) is 5.58. The first-order valence-corrected chi connectivity index (χ1v) is 7.18. The van der Waals surface area contributed by atoms with E-state index >= 15 is 0 Å². The molecule has 1 aliphatic rings. The van der Waals surface area contributed by atoms with Gasteiger partial charge in [-0.25, -0.2) is 4.39 Å². The van der Waals surface area contributed by atoms with E-state index in [1.165, 1.54) is 12.1 Å². The molecular formula is C15H21ClFNO. The molecule has 0 saturated heterocycles. The van der Waals surface area contributed by atoms with E-state index < -0.39 is 0 Å². The summed E-state index contributed by atoms with van der Waals surface area (Å²) in [5.41, 5.74) is 0.656. The van der Waals surface area contributed by atoms with Crippen molar-refractivity contribution < 1.29 is 9.13 Å². The van der Waals surface area contributed by atoms with E-state index in [1.807, 2.05) is 0 Å². The number of hydrogen-bond donors (Lipinski definition) is 1. The summed E-state index contributed by atoms with van der Waals surface area (Å²) in [6, 6.07) is 2.92. The van der Waals surface area contributed by atoms with Crippen molar-refractivity contribution in [1.29, 1.82) is 0 Å². The molecule has 1 aliphatic heterocycles. The molecule has 1 N–H and O–H groups in total. The van der Waals surface area contributed by atoms with Crippen LogP contribution in [0.1, 0.15) is 34.1 Å². The van der Waals surface area contributed by atoms with Crippen LogP contribution in [0, 0.1) is 17.7 Å². The number of hydrogen-bond acceptors (Lipinski definition) is 2. The Balaban J connectivity index is 2.33. The number of fused-ring (bicyclic) bond motifs is 1. The zero-order chi connectivity index (χ0) is 14.2. The fourth-order valence-corrected chi connectivity index (χ4v) is 2.79. The highest BCUT2D eigenvalue weighted by molar-refractivity contribution is 6.32. The first-order chi connectivity index (χ1) is 8.88. The van der Waals surface area contributed by atoms with Gasteiger partial charge in [-0.3, -0.25) is 0 Å². The van der Waals surface area contributed by atoms with Crippen LogP contribution in [-0.4, -0.2) is 12.1 Å². The van der Waals surface area contributed by atoms with Crippen LogP contribution in [0.25, 0.3) is 0 Å². The SMILES string of the molecule is CC(C)CC1Oc2c(Cl)cc(F)cc2NC1C(C)C. The summed E-state index contributed by atoms with van der Waals surface area (Å²) in [5, 5.41) is 3.72. The summed E-state index contributed by atoms with van der Waals surface area (Å²) in [6.45, 7) is 8.62. The summed E-state index contributed by atoms with van der Waals surface area (Å²) < 4.78 is 19.5. The molecule has 2 nitrogen and oxygen atoms in total. The van der Waals surface area contributed by atoms with Gasteiger partial charge in [0.1, 0.15) is 11.9 Å². The molecule has 19 heavy (non-hydrogen) atoms. The maximum absolute atomic E-state index is 13.4. The number of rotatable bonds is 3. The molecule has 4 heteroatoms. The molecule has 0 spiro atoms. The fraction of sp³-hybridized carbons (Fsp3) is 0.600.